The largest absolute Gasteiger partial charge is 0.394 e. The molecule has 4 N–H and O–H groups in total. The predicted molar refractivity (Wildman–Crippen MR) is 79.4 cm³/mol. The van der Waals surface area contributed by atoms with Gasteiger partial charge in [-0.05, 0) is 6.42 Å². The summed E-state index contributed by atoms with van der Waals surface area (Å²) in [6.45, 7) is 1.09. The van der Waals surface area contributed by atoms with Crippen LogP contribution < -0.4 is 0 Å². The topological polar surface area (TPSA) is 143 Å². The summed E-state index contributed by atoms with van der Waals surface area (Å²) < 4.78 is 5.33. The molecule has 1 unspecified atom stereocenters. The zero-order chi connectivity index (χ0) is 17.6. The van der Waals surface area contributed by atoms with Gasteiger partial charge in [-0.1, -0.05) is 6.92 Å². The van der Waals surface area contributed by atoms with E-state index < -0.39 is 43.3 Å². The van der Waals surface area contributed by atoms with E-state index in [1.807, 2.05) is 0 Å². The van der Waals surface area contributed by atoms with Crippen LogP contribution in [0.2, 0.25) is 0 Å². The van der Waals surface area contributed by atoms with Crippen molar-refractivity contribution in [2.45, 2.75) is 44.0 Å². The summed E-state index contributed by atoms with van der Waals surface area (Å²) >= 11 is 5.51. The molecule has 10 nitrogen and oxygen atoms in total. The van der Waals surface area contributed by atoms with Crippen LogP contribution in [0.15, 0.2) is 5.29 Å². The molecule has 23 heavy (non-hydrogen) atoms. The van der Waals surface area contributed by atoms with Crippen molar-refractivity contribution in [2.24, 2.45) is 5.29 Å². The number of nitrogens with zero attached hydrogens (tertiary/aromatic N) is 3. The molecule has 1 fully saturated rings. The molecule has 1 rings (SSSR count). The average Bonchev–Trinajstić information content (AvgIpc) is 2.55. The van der Waals surface area contributed by atoms with Crippen molar-refractivity contribution < 1.29 is 30.0 Å². The fraction of sp³-hybridized carbons (Fsp3) is 0.917. The van der Waals surface area contributed by atoms with Crippen molar-refractivity contribution in [3.63, 3.8) is 0 Å². The van der Waals surface area contributed by atoms with Crippen LogP contribution in [-0.4, -0.2) is 92.6 Å². The molecule has 5 atom stereocenters. The number of hydrogen-bond acceptors (Lipinski definition) is 8. The quantitative estimate of drug-likeness (QED) is 0.256. The average molecular weight is 356 g/mol. The van der Waals surface area contributed by atoms with Gasteiger partial charge in [-0.3, -0.25) is 4.90 Å². The highest BCUT2D eigenvalue weighted by atomic mass is 35.5. The van der Waals surface area contributed by atoms with Crippen LogP contribution in [0.3, 0.4) is 0 Å². The Kier molecular flexibility index (Phi) is 8.09. The maximum atomic E-state index is 12.4. The number of aliphatic hydroxyl groups is 4. The molecule has 0 bridgehead atoms. The zero-order valence-corrected chi connectivity index (χ0v) is 13.4. The second kappa shape index (κ2) is 9.30. The van der Waals surface area contributed by atoms with E-state index in [9.17, 15) is 30.1 Å². The summed E-state index contributed by atoms with van der Waals surface area (Å²) in [5.74, 6) is -0.0217. The minimum Gasteiger partial charge on any atom is -0.394 e. The third-order valence-electron chi connectivity index (χ3n) is 3.50. The van der Waals surface area contributed by atoms with Gasteiger partial charge in [0, 0.05) is 12.4 Å². The number of amides is 2. The van der Waals surface area contributed by atoms with E-state index >= 15 is 0 Å². The Hall–Kier alpha value is -1.04. The third-order valence-corrected chi connectivity index (χ3v) is 3.67. The van der Waals surface area contributed by atoms with E-state index in [4.69, 9.17) is 16.3 Å². The van der Waals surface area contributed by atoms with Crippen molar-refractivity contribution in [1.82, 2.24) is 9.91 Å². The normalized spacial score (nSPS) is 30.8. The summed E-state index contributed by atoms with van der Waals surface area (Å²) in [5.41, 5.74) is 0. The molecule has 0 aromatic heterocycles. The monoisotopic (exact) mass is 355 g/mol. The molecule has 1 saturated heterocycles. The number of alkyl halides is 1. The maximum absolute atomic E-state index is 12.4. The first-order valence-electron chi connectivity index (χ1n) is 7.20. The van der Waals surface area contributed by atoms with Gasteiger partial charge in [-0.25, -0.2) is 4.79 Å². The molecular weight excluding hydrogens is 334 g/mol. The van der Waals surface area contributed by atoms with Crippen molar-refractivity contribution in [3.8, 4) is 0 Å². The molecule has 11 heteroatoms. The molecule has 0 aromatic rings. The number of nitroso groups, excluding NO2 is 1. The third kappa shape index (κ3) is 4.49. The SMILES string of the molecule is CCCN(C(=O)N(CCCl)N=O)C1O[C@H](CO)[C@@H](O)[C@H](O)[C@H]1O. The maximum Gasteiger partial charge on any atom is 0.345 e. The zero-order valence-electron chi connectivity index (χ0n) is 12.7. The molecule has 1 heterocycles. The number of urea groups is 1. The van der Waals surface area contributed by atoms with Crippen molar-refractivity contribution in [1.29, 1.82) is 0 Å². The standard InChI is InChI=1S/C12H22ClN3O7/c1-2-4-15(12(21)16(14-22)5-3-13)11-10(20)9(19)8(18)7(6-17)23-11/h7-11,17-20H,2-6H2,1H3/t7-,8-,9+,10-,11?/m1/s1. The van der Waals surface area contributed by atoms with Crippen LogP contribution in [0.5, 0.6) is 0 Å². The van der Waals surface area contributed by atoms with Crippen molar-refractivity contribution in [2.75, 3.05) is 25.6 Å². The first-order valence-corrected chi connectivity index (χ1v) is 7.74. The van der Waals surface area contributed by atoms with Gasteiger partial charge in [-0.2, -0.15) is 5.01 Å². The summed E-state index contributed by atoms with van der Waals surface area (Å²) in [5, 5.41) is 42.0. The van der Waals surface area contributed by atoms with Crippen LogP contribution in [0.4, 0.5) is 4.79 Å². The summed E-state index contributed by atoms with van der Waals surface area (Å²) in [4.78, 5) is 24.2. The lowest BCUT2D eigenvalue weighted by atomic mass is 9.98. The van der Waals surface area contributed by atoms with E-state index in [1.54, 1.807) is 6.92 Å². The Morgan fingerprint density at radius 1 is 1.22 bits per heavy atom. The predicted octanol–water partition coefficient (Wildman–Crippen LogP) is -1.16. The second-order valence-corrected chi connectivity index (χ2v) is 5.47. The van der Waals surface area contributed by atoms with E-state index in [0.29, 0.717) is 11.4 Å². The fourth-order valence-corrected chi connectivity index (χ4v) is 2.47. The van der Waals surface area contributed by atoms with Gasteiger partial charge >= 0.3 is 6.03 Å². The number of aliphatic hydroxyl groups excluding tert-OH is 4. The van der Waals surface area contributed by atoms with Gasteiger partial charge in [0.25, 0.3) is 0 Å². The number of halogens is 1. The lowest BCUT2D eigenvalue weighted by Gasteiger charge is -2.44. The Morgan fingerprint density at radius 2 is 1.87 bits per heavy atom. The van der Waals surface area contributed by atoms with Crippen LogP contribution >= 0.6 is 11.6 Å². The highest BCUT2D eigenvalue weighted by molar-refractivity contribution is 6.18. The van der Waals surface area contributed by atoms with E-state index in [0.717, 1.165) is 4.90 Å². The van der Waals surface area contributed by atoms with Gasteiger partial charge in [0.05, 0.1) is 18.4 Å². The van der Waals surface area contributed by atoms with E-state index in [1.165, 1.54) is 0 Å². The van der Waals surface area contributed by atoms with Crippen LogP contribution in [0, 0.1) is 4.91 Å². The molecule has 0 spiro atoms. The number of ether oxygens (including phenoxy) is 1. The molecule has 0 radical (unpaired) electrons. The Balaban J connectivity index is 3.02. The number of carbonyl (C=O) groups is 1. The molecule has 0 aliphatic carbocycles. The lowest BCUT2D eigenvalue weighted by molar-refractivity contribution is -0.258. The highest BCUT2D eigenvalue weighted by Crippen LogP contribution is 2.24. The van der Waals surface area contributed by atoms with Crippen molar-refractivity contribution >= 4 is 17.6 Å². The van der Waals surface area contributed by atoms with E-state index in [-0.39, 0.29) is 19.0 Å². The highest BCUT2D eigenvalue weighted by Gasteiger charge is 2.47. The number of hydrogen-bond donors (Lipinski definition) is 4. The first-order chi connectivity index (χ1) is 10.9. The van der Waals surface area contributed by atoms with Crippen LogP contribution in [0.1, 0.15) is 13.3 Å². The van der Waals surface area contributed by atoms with Gasteiger partial charge in [0.1, 0.15) is 24.4 Å². The van der Waals surface area contributed by atoms with Gasteiger partial charge in [0.2, 0.25) is 0 Å². The molecule has 134 valence electrons. The number of carbonyl (C=O) groups excluding carboxylic acids is 1. The summed E-state index contributed by atoms with van der Waals surface area (Å²) in [7, 11) is 0. The van der Waals surface area contributed by atoms with Gasteiger partial charge in [0.15, 0.2) is 6.23 Å². The van der Waals surface area contributed by atoms with E-state index in [2.05, 4.69) is 5.29 Å². The minimum absolute atomic E-state index is 0.0217. The second-order valence-electron chi connectivity index (χ2n) is 5.09. The molecule has 1 aliphatic heterocycles. The van der Waals surface area contributed by atoms with Gasteiger partial charge in [-0.15, -0.1) is 16.5 Å². The smallest absolute Gasteiger partial charge is 0.345 e. The molecule has 0 aromatic carbocycles. The first kappa shape index (κ1) is 20.0. The number of rotatable bonds is 7. The Labute approximate surface area is 138 Å². The fourth-order valence-electron chi connectivity index (χ4n) is 2.31. The van der Waals surface area contributed by atoms with Crippen molar-refractivity contribution in [3.05, 3.63) is 4.91 Å². The Morgan fingerprint density at radius 3 is 2.35 bits per heavy atom. The van der Waals surface area contributed by atoms with Gasteiger partial charge < -0.3 is 25.2 Å². The minimum atomic E-state index is -1.62. The molecule has 0 saturated carbocycles. The summed E-state index contributed by atoms with van der Waals surface area (Å²) in [6.07, 6.45) is -6.81. The molecular formula is C12H22ClN3O7. The summed E-state index contributed by atoms with van der Waals surface area (Å²) in [6, 6.07) is -0.855. The van der Waals surface area contributed by atoms with Crippen LogP contribution in [-0.2, 0) is 4.74 Å². The van der Waals surface area contributed by atoms with Crippen LogP contribution in [0.25, 0.3) is 0 Å². The lowest BCUT2D eigenvalue weighted by Crippen LogP contribution is -2.65. The molecule has 2 amide bonds. The Bertz CT molecular complexity index is 401. The molecule has 1 aliphatic rings.